The maximum absolute atomic E-state index is 11.8. The molecule has 0 radical (unpaired) electrons. The van der Waals surface area contributed by atoms with Crippen LogP contribution >= 0.6 is 12.2 Å². The Morgan fingerprint density at radius 1 is 1.33 bits per heavy atom. The number of hydrogen-bond donors (Lipinski definition) is 3. The van der Waals surface area contributed by atoms with Crippen LogP contribution in [-0.4, -0.2) is 30.8 Å². The first-order chi connectivity index (χ1) is 10.1. The molecule has 0 aliphatic carbocycles. The van der Waals surface area contributed by atoms with Gasteiger partial charge in [0.15, 0.2) is 11.2 Å². The van der Waals surface area contributed by atoms with Gasteiger partial charge in [-0.1, -0.05) is 6.08 Å². The van der Waals surface area contributed by atoms with Gasteiger partial charge in [-0.2, -0.15) is 0 Å². The van der Waals surface area contributed by atoms with Gasteiger partial charge in [-0.3, -0.25) is 15.6 Å². The van der Waals surface area contributed by atoms with E-state index in [0.29, 0.717) is 17.4 Å². The summed E-state index contributed by atoms with van der Waals surface area (Å²) in [5.74, 6) is 0.958. The lowest BCUT2D eigenvalue weighted by Gasteiger charge is -2.16. The molecule has 1 atom stereocenters. The van der Waals surface area contributed by atoms with E-state index in [0.717, 1.165) is 5.75 Å². The van der Waals surface area contributed by atoms with Gasteiger partial charge in [-0.25, -0.2) is 0 Å². The van der Waals surface area contributed by atoms with Crippen LogP contribution < -0.4 is 25.6 Å². The van der Waals surface area contributed by atoms with Crippen LogP contribution in [0.15, 0.2) is 36.9 Å². The molecular formula is C14H19N3O3S. The molecule has 0 aliphatic heterocycles. The molecule has 0 fully saturated rings. The van der Waals surface area contributed by atoms with Crippen molar-refractivity contribution >= 4 is 23.2 Å². The zero-order valence-electron chi connectivity index (χ0n) is 12.0. The number of hydrogen-bond acceptors (Lipinski definition) is 4. The Balaban J connectivity index is 2.39. The summed E-state index contributed by atoms with van der Waals surface area (Å²) < 4.78 is 10.5. The fourth-order valence-electron chi connectivity index (χ4n) is 1.34. The third-order valence-corrected chi connectivity index (χ3v) is 2.69. The van der Waals surface area contributed by atoms with E-state index in [-0.39, 0.29) is 5.91 Å². The van der Waals surface area contributed by atoms with Crippen LogP contribution in [-0.2, 0) is 4.79 Å². The van der Waals surface area contributed by atoms with Crippen molar-refractivity contribution in [3.8, 4) is 11.5 Å². The quantitative estimate of drug-likeness (QED) is 0.416. The first-order valence-corrected chi connectivity index (χ1v) is 6.73. The standard InChI is InChI=1S/C14H19N3O3S/c1-4-9-15-14(21)17-16-13(18)10(2)20-12-7-5-11(19-3)6-8-12/h4-8,10H,1,9H2,2-3H3,(H,16,18)(H2,15,17,21). The highest BCUT2D eigenvalue weighted by Crippen LogP contribution is 2.18. The number of carbonyl (C=O) groups excluding carboxylic acids is 1. The smallest absolute Gasteiger partial charge is 0.279 e. The summed E-state index contributed by atoms with van der Waals surface area (Å²) in [6.45, 7) is 5.70. The number of carbonyl (C=O) groups is 1. The third-order valence-electron chi connectivity index (χ3n) is 2.45. The Labute approximate surface area is 129 Å². The second kappa shape index (κ2) is 8.80. The van der Waals surface area contributed by atoms with Crippen LogP contribution in [0.3, 0.4) is 0 Å². The van der Waals surface area contributed by atoms with Crippen LogP contribution in [0.5, 0.6) is 11.5 Å². The SMILES string of the molecule is C=CCNC(=S)NNC(=O)C(C)Oc1ccc(OC)cc1. The van der Waals surface area contributed by atoms with Gasteiger partial charge in [0.1, 0.15) is 11.5 Å². The van der Waals surface area contributed by atoms with E-state index in [9.17, 15) is 4.79 Å². The van der Waals surface area contributed by atoms with E-state index in [1.165, 1.54) is 0 Å². The van der Waals surface area contributed by atoms with E-state index in [4.69, 9.17) is 21.7 Å². The highest BCUT2D eigenvalue weighted by atomic mass is 32.1. The number of methoxy groups -OCH3 is 1. The lowest BCUT2D eigenvalue weighted by atomic mass is 10.3. The molecular weight excluding hydrogens is 290 g/mol. The Morgan fingerprint density at radius 3 is 2.52 bits per heavy atom. The van der Waals surface area contributed by atoms with Crippen LogP contribution in [0, 0.1) is 0 Å². The lowest BCUT2D eigenvalue weighted by Crippen LogP contribution is -2.50. The summed E-state index contributed by atoms with van der Waals surface area (Å²) in [6, 6.07) is 6.97. The zero-order valence-corrected chi connectivity index (χ0v) is 12.8. The van der Waals surface area contributed by atoms with Gasteiger partial charge in [0.05, 0.1) is 7.11 Å². The van der Waals surface area contributed by atoms with E-state index in [1.54, 1.807) is 44.4 Å². The molecule has 1 unspecified atom stereocenters. The summed E-state index contributed by atoms with van der Waals surface area (Å²) in [4.78, 5) is 11.8. The van der Waals surface area contributed by atoms with Crippen molar-refractivity contribution in [3.63, 3.8) is 0 Å². The van der Waals surface area contributed by atoms with Gasteiger partial charge in [0, 0.05) is 6.54 Å². The number of benzene rings is 1. The maximum atomic E-state index is 11.8. The van der Waals surface area contributed by atoms with Crippen molar-refractivity contribution in [2.75, 3.05) is 13.7 Å². The van der Waals surface area contributed by atoms with Gasteiger partial charge in [0.25, 0.3) is 5.91 Å². The van der Waals surface area contributed by atoms with Crippen molar-refractivity contribution in [2.24, 2.45) is 0 Å². The summed E-state index contributed by atoms with van der Waals surface area (Å²) in [5, 5.41) is 3.13. The van der Waals surface area contributed by atoms with Crippen LogP contribution in [0.4, 0.5) is 0 Å². The van der Waals surface area contributed by atoms with Gasteiger partial charge in [0.2, 0.25) is 0 Å². The number of rotatable bonds is 6. The highest BCUT2D eigenvalue weighted by Gasteiger charge is 2.14. The molecule has 1 aromatic carbocycles. The van der Waals surface area contributed by atoms with Crippen molar-refractivity contribution in [3.05, 3.63) is 36.9 Å². The Morgan fingerprint density at radius 2 is 1.95 bits per heavy atom. The molecule has 0 saturated carbocycles. The zero-order chi connectivity index (χ0) is 15.7. The number of hydrazine groups is 1. The molecule has 0 spiro atoms. The van der Waals surface area contributed by atoms with Crippen LogP contribution in [0.1, 0.15) is 6.92 Å². The minimum atomic E-state index is -0.673. The van der Waals surface area contributed by atoms with Crippen LogP contribution in [0.2, 0.25) is 0 Å². The normalized spacial score (nSPS) is 11.0. The summed E-state index contributed by atoms with van der Waals surface area (Å²) in [6.07, 6.45) is 0.985. The molecule has 1 aromatic rings. The predicted octanol–water partition coefficient (Wildman–Crippen LogP) is 1.14. The summed E-state index contributed by atoms with van der Waals surface area (Å²) >= 11 is 4.94. The average molecular weight is 309 g/mol. The minimum Gasteiger partial charge on any atom is -0.497 e. The molecule has 1 amide bonds. The minimum absolute atomic E-state index is 0.305. The van der Waals surface area contributed by atoms with Gasteiger partial charge in [-0.05, 0) is 43.4 Å². The largest absolute Gasteiger partial charge is 0.497 e. The Kier molecular flexibility index (Phi) is 7.03. The second-order valence-electron chi connectivity index (χ2n) is 4.05. The second-order valence-corrected chi connectivity index (χ2v) is 4.46. The molecule has 0 heterocycles. The predicted molar refractivity (Wildman–Crippen MR) is 85.2 cm³/mol. The van der Waals surface area contributed by atoms with Gasteiger partial charge in [-0.15, -0.1) is 6.58 Å². The van der Waals surface area contributed by atoms with Crippen molar-refractivity contribution in [2.45, 2.75) is 13.0 Å². The van der Waals surface area contributed by atoms with Crippen molar-refractivity contribution in [1.82, 2.24) is 16.2 Å². The van der Waals surface area contributed by atoms with Crippen LogP contribution in [0.25, 0.3) is 0 Å². The van der Waals surface area contributed by atoms with E-state index in [1.807, 2.05) is 0 Å². The molecule has 1 rings (SSSR count). The van der Waals surface area contributed by atoms with E-state index < -0.39 is 6.10 Å². The fourth-order valence-corrected chi connectivity index (χ4v) is 1.48. The van der Waals surface area contributed by atoms with Gasteiger partial charge < -0.3 is 14.8 Å². The number of nitrogens with one attached hydrogen (secondary N) is 3. The highest BCUT2D eigenvalue weighted by molar-refractivity contribution is 7.80. The molecule has 21 heavy (non-hydrogen) atoms. The van der Waals surface area contributed by atoms with E-state index in [2.05, 4.69) is 22.7 Å². The lowest BCUT2D eigenvalue weighted by molar-refractivity contribution is -0.127. The fraction of sp³-hybridized carbons (Fsp3) is 0.286. The van der Waals surface area contributed by atoms with Crippen molar-refractivity contribution in [1.29, 1.82) is 0 Å². The molecule has 0 aliphatic rings. The first kappa shape index (κ1) is 16.8. The Bertz CT molecular complexity index is 491. The van der Waals surface area contributed by atoms with E-state index >= 15 is 0 Å². The summed E-state index contributed by atoms with van der Waals surface area (Å²) in [5.41, 5.74) is 5.03. The average Bonchev–Trinajstić information content (AvgIpc) is 2.51. The monoisotopic (exact) mass is 309 g/mol. The molecule has 114 valence electrons. The third kappa shape index (κ3) is 6.13. The number of amides is 1. The number of thiocarbonyl (C=S) groups is 1. The molecule has 0 saturated heterocycles. The summed E-state index contributed by atoms with van der Waals surface area (Å²) in [7, 11) is 1.58. The molecule has 6 nitrogen and oxygen atoms in total. The van der Waals surface area contributed by atoms with Crippen molar-refractivity contribution < 1.29 is 14.3 Å². The first-order valence-electron chi connectivity index (χ1n) is 6.32. The van der Waals surface area contributed by atoms with Gasteiger partial charge >= 0.3 is 0 Å². The molecule has 7 heteroatoms. The number of ether oxygens (including phenoxy) is 2. The Hall–Kier alpha value is -2.28. The maximum Gasteiger partial charge on any atom is 0.279 e. The molecule has 0 bridgehead atoms. The molecule has 0 aromatic heterocycles. The molecule has 3 N–H and O–H groups in total. The topological polar surface area (TPSA) is 71.6 Å².